The maximum absolute atomic E-state index is 12.9. The zero-order valence-electron chi connectivity index (χ0n) is 18.4. The van der Waals surface area contributed by atoms with Crippen LogP contribution in [0.4, 0.5) is 5.69 Å². The van der Waals surface area contributed by atoms with E-state index in [0.717, 1.165) is 5.56 Å². The van der Waals surface area contributed by atoms with E-state index in [0.29, 0.717) is 5.69 Å². The smallest absolute Gasteiger partial charge is 0.423 e. The van der Waals surface area contributed by atoms with Crippen LogP contribution in [0.3, 0.4) is 0 Å². The summed E-state index contributed by atoms with van der Waals surface area (Å²) in [5, 5.41) is 23.6. The van der Waals surface area contributed by atoms with Gasteiger partial charge in [-0.2, -0.15) is 4.72 Å². The van der Waals surface area contributed by atoms with E-state index in [9.17, 15) is 28.1 Å². The number of aryl methyl sites for hydroxylation is 1. The molecule has 0 saturated heterocycles. The van der Waals surface area contributed by atoms with Crippen molar-refractivity contribution in [1.29, 1.82) is 0 Å². The third-order valence-electron chi connectivity index (χ3n) is 4.33. The van der Waals surface area contributed by atoms with E-state index < -0.39 is 47.0 Å². The molecule has 0 bridgehead atoms. The number of sulfonamides is 1. The quantitative estimate of drug-likeness (QED) is 0.357. The maximum Gasteiger partial charge on any atom is 0.488 e. The topological polar surface area (TPSA) is 145 Å². The van der Waals surface area contributed by atoms with E-state index >= 15 is 0 Å². The minimum atomic E-state index is -4.08. The van der Waals surface area contributed by atoms with E-state index in [4.69, 9.17) is 0 Å². The Balaban J connectivity index is 2.25. The third kappa shape index (κ3) is 7.76. The highest BCUT2D eigenvalue weighted by molar-refractivity contribution is 7.89. The minimum absolute atomic E-state index is 0.0292. The summed E-state index contributed by atoms with van der Waals surface area (Å²) in [7, 11) is -5.74. The predicted octanol–water partition coefficient (Wildman–Crippen LogP) is 0.265. The van der Waals surface area contributed by atoms with E-state index in [1.54, 1.807) is 32.9 Å². The van der Waals surface area contributed by atoms with Gasteiger partial charge in [0.1, 0.15) is 6.04 Å². The molecule has 32 heavy (non-hydrogen) atoms. The molecule has 11 heteroatoms. The Bertz CT molecular complexity index is 1050. The van der Waals surface area contributed by atoms with E-state index in [2.05, 4.69) is 15.4 Å². The van der Waals surface area contributed by atoms with Gasteiger partial charge in [0.05, 0.1) is 11.3 Å². The van der Waals surface area contributed by atoms with Crippen LogP contribution >= 0.6 is 0 Å². The SMILES string of the molecule is Cc1ccc(S(=O)(=O)N[C@@H](CC(=O)NC(C)(C)C)C(=O)Nc2ccc(B(O)O)cc2)cc1. The van der Waals surface area contributed by atoms with Gasteiger partial charge in [-0.1, -0.05) is 29.8 Å². The molecular weight excluding hydrogens is 433 g/mol. The number of carbonyl (C=O) groups is 2. The first kappa shape index (κ1) is 25.5. The first-order chi connectivity index (χ1) is 14.8. The van der Waals surface area contributed by atoms with Crippen LogP contribution in [0.2, 0.25) is 0 Å². The zero-order valence-corrected chi connectivity index (χ0v) is 19.2. The lowest BCUT2D eigenvalue weighted by atomic mass is 9.80. The van der Waals surface area contributed by atoms with Gasteiger partial charge < -0.3 is 20.7 Å². The van der Waals surface area contributed by atoms with Gasteiger partial charge >= 0.3 is 7.12 Å². The molecule has 5 N–H and O–H groups in total. The third-order valence-corrected chi connectivity index (χ3v) is 5.81. The molecule has 0 aliphatic carbocycles. The van der Waals surface area contributed by atoms with Crippen molar-refractivity contribution < 1.29 is 28.1 Å². The molecule has 0 spiro atoms. The van der Waals surface area contributed by atoms with Gasteiger partial charge in [-0.15, -0.1) is 0 Å². The van der Waals surface area contributed by atoms with Crippen molar-refractivity contribution in [2.45, 2.75) is 50.6 Å². The molecule has 9 nitrogen and oxygen atoms in total. The molecule has 0 heterocycles. The largest absolute Gasteiger partial charge is 0.488 e. The standard InChI is InChI=1S/C21H28BN3O6S/c1-14-5-11-17(12-6-14)32(30,31)25-18(13-19(26)24-21(2,3)4)20(27)23-16-9-7-15(8-10-16)22(28)29/h5-12,18,25,28-29H,13H2,1-4H3,(H,23,27)(H,24,26)/t18-/m0/s1. The summed E-state index contributed by atoms with van der Waals surface area (Å²) < 4.78 is 28.0. The molecule has 0 saturated carbocycles. The van der Waals surface area contributed by atoms with Gasteiger partial charge in [0.2, 0.25) is 21.8 Å². The Morgan fingerprint density at radius 2 is 1.56 bits per heavy atom. The Kier molecular flexibility index (Phi) is 8.19. The number of hydrogen-bond acceptors (Lipinski definition) is 6. The molecule has 172 valence electrons. The molecule has 0 fully saturated rings. The van der Waals surface area contributed by atoms with E-state index in [-0.39, 0.29) is 10.4 Å². The summed E-state index contributed by atoms with van der Waals surface area (Å²) in [5.74, 6) is -1.23. The minimum Gasteiger partial charge on any atom is -0.423 e. The van der Waals surface area contributed by atoms with Crippen LogP contribution in [0.5, 0.6) is 0 Å². The summed E-state index contributed by atoms with van der Waals surface area (Å²) >= 11 is 0. The molecule has 2 amide bonds. The molecule has 1 atom stereocenters. The molecule has 0 unspecified atom stereocenters. The molecular formula is C21H28BN3O6S. The van der Waals surface area contributed by atoms with Crippen molar-refractivity contribution in [3.05, 3.63) is 54.1 Å². The van der Waals surface area contributed by atoms with Gasteiger partial charge in [0.15, 0.2) is 0 Å². The van der Waals surface area contributed by atoms with Crippen LogP contribution in [-0.2, 0) is 19.6 Å². The highest BCUT2D eigenvalue weighted by Crippen LogP contribution is 2.13. The lowest BCUT2D eigenvalue weighted by molar-refractivity contribution is -0.126. The fourth-order valence-electron chi connectivity index (χ4n) is 2.78. The van der Waals surface area contributed by atoms with Crippen LogP contribution in [0, 0.1) is 6.92 Å². The lowest BCUT2D eigenvalue weighted by Gasteiger charge is -2.23. The molecule has 2 aromatic carbocycles. The van der Waals surface area contributed by atoms with Crippen LogP contribution in [0.1, 0.15) is 32.8 Å². The summed E-state index contributed by atoms with van der Waals surface area (Å²) in [6, 6.07) is 10.4. The Morgan fingerprint density at radius 1 is 1.00 bits per heavy atom. The van der Waals surface area contributed by atoms with Gasteiger partial charge in [-0.25, -0.2) is 8.42 Å². The number of nitrogens with one attached hydrogen (secondary N) is 3. The number of carbonyl (C=O) groups excluding carboxylic acids is 2. The Hall–Kier alpha value is -2.73. The average molecular weight is 461 g/mol. The lowest BCUT2D eigenvalue weighted by Crippen LogP contribution is -2.49. The monoisotopic (exact) mass is 461 g/mol. The van der Waals surface area contributed by atoms with Gasteiger partial charge in [-0.05, 0) is 57.4 Å². The van der Waals surface area contributed by atoms with Crippen LogP contribution in [0.25, 0.3) is 0 Å². The first-order valence-corrected chi connectivity index (χ1v) is 11.4. The Labute approximate surface area is 188 Å². The highest BCUT2D eigenvalue weighted by atomic mass is 32.2. The summed E-state index contributed by atoms with van der Waals surface area (Å²) in [4.78, 5) is 25.3. The van der Waals surface area contributed by atoms with Crippen LogP contribution < -0.4 is 20.8 Å². The average Bonchev–Trinajstić information content (AvgIpc) is 2.66. The van der Waals surface area contributed by atoms with Gasteiger partial charge in [0, 0.05) is 11.2 Å². The van der Waals surface area contributed by atoms with Crippen molar-refractivity contribution in [3.63, 3.8) is 0 Å². The number of anilines is 1. The second-order valence-electron chi connectivity index (χ2n) is 8.47. The van der Waals surface area contributed by atoms with Crippen molar-refractivity contribution in [2.75, 3.05) is 5.32 Å². The van der Waals surface area contributed by atoms with Crippen molar-refractivity contribution in [1.82, 2.24) is 10.0 Å². The van der Waals surface area contributed by atoms with Crippen molar-refractivity contribution >= 4 is 40.1 Å². The van der Waals surface area contributed by atoms with Gasteiger partial charge in [0.25, 0.3) is 0 Å². The number of hydrogen-bond donors (Lipinski definition) is 5. The number of amides is 2. The van der Waals surface area contributed by atoms with E-state index in [1.807, 2.05) is 6.92 Å². The molecule has 0 aliphatic heterocycles. The first-order valence-electron chi connectivity index (χ1n) is 9.94. The fraction of sp³-hybridized carbons (Fsp3) is 0.333. The molecule has 0 aliphatic rings. The summed E-state index contributed by atoms with van der Waals surface area (Å²) in [6.07, 6.45) is -0.415. The molecule has 0 aromatic heterocycles. The molecule has 2 aromatic rings. The second-order valence-corrected chi connectivity index (χ2v) is 10.2. The maximum atomic E-state index is 12.9. The molecule has 0 radical (unpaired) electrons. The van der Waals surface area contributed by atoms with Crippen molar-refractivity contribution in [2.24, 2.45) is 0 Å². The zero-order chi connectivity index (χ0) is 24.1. The van der Waals surface area contributed by atoms with Crippen LogP contribution in [0.15, 0.2) is 53.4 Å². The fourth-order valence-corrected chi connectivity index (χ4v) is 3.98. The Morgan fingerprint density at radius 3 is 2.06 bits per heavy atom. The molecule has 2 rings (SSSR count). The normalized spacial score (nSPS) is 12.7. The van der Waals surface area contributed by atoms with E-state index in [1.165, 1.54) is 36.4 Å². The number of benzene rings is 2. The number of rotatable bonds is 8. The summed E-state index contributed by atoms with van der Waals surface area (Å²) in [6.45, 7) is 7.13. The van der Waals surface area contributed by atoms with Gasteiger partial charge in [-0.3, -0.25) is 9.59 Å². The van der Waals surface area contributed by atoms with Crippen LogP contribution in [-0.4, -0.2) is 49.0 Å². The van der Waals surface area contributed by atoms with Crippen molar-refractivity contribution in [3.8, 4) is 0 Å². The predicted molar refractivity (Wildman–Crippen MR) is 123 cm³/mol. The highest BCUT2D eigenvalue weighted by Gasteiger charge is 2.29. The second kappa shape index (κ2) is 10.3. The summed E-state index contributed by atoms with van der Waals surface area (Å²) in [5.41, 5.74) is 0.841.